The van der Waals surface area contributed by atoms with Crippen molar-refractivity contribution in [2.45, 2.75) is 30.6 Å². The van der Waals surface area contributed by atoms with Crippen LogP contribution in [0.3, 0.4) is 0 Å². The number of halogens is 1. The molecule has 34 heavy (non-hydrogen) atoms. The number of hydrogen-bond donors (Lipinski definition) is 0. The van der Waals surface area contributed by atoms with E-state index in [1.807, 2.05) is 23.1 Å². The first kappa shape index (κ1) is 22.8. The number of benzene rings is 2. The maximum absolute atomic E-state index is 13.3. The molecule has 1 amide bonds. The number of likely N-dealkylation sites (tertiary alicyclic amines) is 1. The smallest absolute Gasteiger partial charge is 0.262 e. The molecule has 2 aliphatic rings. The van der Waals surface area contributed by atoms with E-state index in [1.54, 1.807) is 28.8 Å². The third-order valence-electron chi connectivity index (χ3n) is 6.04. The van der Waals surface area contributed by atoms with Crippen molar-refractivity contribution >= 4 is 40.2 Å². The van der Waals surface area contributed by atoms with Gasteiger partial charge in [0, 0.05) is 18.1 Å². The molecule has 0 spiro atoms. The Labute approximate surface area is 206 Å². The van der Waals surface area contributed by atoms with Gasteiger partial charge in [-0.05, 0) is 48.7 Å². The van der Waals surface area contributed by atoms with Crippen LogP contribution < -0.4 is 15.0 Å². The topological polar surface area (TPSA) is 73.7 Å². The predicted molar refractivity (Wildman–Crippen MR) is 133 cm³/mol. The van der Waals surface area contributed by atoms with Crippen LogP contribution in [0.15, 0.2) is 59.0 Å². The Hall–Kier alpha value is -2.97. The van der Waals surface area contributed by atoms with E-state index in [2.05, 4.69) is 11.6 Å². The van der Waals surface area contributed by atoms with Crippen molar-refractivity contribution in [3.8, 4) is 11.5 Å². The summed E-state index contributed by atoms with van der Waals surface area (Å²) in [6.07, 6.45) is 3.47. The molecule has 9 heteroatoms. The van der Waals surface area contributed by atoms with Gasteiger partial charge < -0.3 is 14.4 Å². The quantitative estimate of drug-likeness (QED) is 0.284. The number of allylic oxidation sites excluding steroid dienone is 1. The number of hydrogen-bond acceptors (Lipinski definition) is 6. The summed E-state index contributed by atoms with van der Waals surface area (Å²) in [6, 6.07) is 10.9. The van der Waals surface area contributed by atoms with Crippen molar-refractivity contribution in [2.24, 2.45) is 0 Å². The van der Waals surface area contributed by atoms with Crippen molar-refractivity contribution in [1.29, 1.82) is 0 Å². The highest BCUT2D eigenvalue weighted by Gasteiger charge is 2.31. The number of carbonyl (C=O) groups is 1. The summed E-state index contributed by atoms with van der Waals surface area (Å²) in [5.74, 6) is 1.65. The number of thioether (sulfide) groups is 1. The molecule has 2 aliphatic heterocycles. The average molecular weight is 498 g/mol. The van der Waals surface area contributed by atoms with Crippen LogP contribution in [0.4, 0.5) is 0 Å². The number of fused-ring (bicyclic) bond motifs is 2. The molecule has 1 saturated heterocycles. The highest BCUT2D eigenvalue weighted by molar-refractivity contribution is 7.99. The lowest BCUT2D eigenvalue weighted by atomic mass is 10.0. The van der Waals surface area contributed by atoms with Crippen molar-refractivity contribution in [3.05, 3.63) is 70.0 Å². The maximum Gasteiger partial charge on any atom is 0.262 e. The van der Waals surface area contributed by atoms with E-state index >= 15 is 0 Å². The summed E-state index contributed by atoms with van der Waals surface area (Å²) in [4.78, 5) is 32.8. The Morgan fingerprint density at radius 3 is 2.85 bits per heavy atom. The van der Waals surface area contributed by atoms with Crippen LogP contribution >= 0.6 is 23.4 Å². The molecular formula is C25H24ClN3O4S. The Kier molecular flexibility index (Phi) is 6.52. The summed E-state index contributed by atoms with van der Waals surface area (Å²) in [5.41, 5.74) is 1.39. The van der Waals surface area contributed by atoms with Crippen LogP contribution in [0.2, 0.25) is 5.02 Å². The van der Waals surface area contributed by atoms with Crippen molar-refractivity contribution in [2.75, 3.05) is 25.5 Å². The molecule has 0 aliphatic carbocycles. The van der Waals surface area contributed by atoms with Gasteiger partial charge in [0.05, 0.1) is 22.7 Å². The lowest BCUT2D eigenvalue weighted by Crippen LogP contribution is -2.32. The third-order valence-corrected chi connectivity index (χ3v) is 7.24. The Morgan fingerprint density at radius 1 is 1.21 bits per heavy atom. The van der Waals surface area contributed by atoms with E-state index in [0.29, 0.717) is 47.4 Å². The highest BCUT2D eigenvalue weighted by atomic mass is 35.5. The van der Waals surface area contributed by atoms with Crippen LogP contribution in [-0.2, 0) is 11.3 Å². The molecular weight excluding hydrogens is 474 g/mol. The lowest BCUT2D eigenvalue weighted by molar-refractivity contribution is -0.129. The van der Waals surface area contributed by atoms with Crippen LogP contribution in [0.1, 0.15) is 24.4 Å². The molecule has 3 aromatic rings. The fourth-order valence-electron chi connectivity index (χ4n) is 4.46. The Balaban J connectivity index is 1.37. The number of ether oxygens (including phenoxy) is 2. The first-order chi connectivity index (χ1) is 16.5. The maximum atomic E-state index is 13.3. The van der Waals surface area contributed by atoms with Gasteiger partial charge in [-0.15, -0.1) is 6.58 Å². The van der Waals surface area contributed by atoms with E-state index in [-0.39, 0.29) is 23.3 Å². The minimum atomic E-state index is -0.174. The molecule has 3 heterocycles. The fraction of sp³-hybridized carbons (Fsp3) is 0.320. The van der Waals surface area contributed by atoms with Gasteiger partial charge in [0.25, 0.3) is 5.56 Å². The Morgan fingerprint density at radius 2 is 2.03 bits per heavy atom. The minimum Gasteiger partial charge on any atom is -0.486 e. The summed E-state index contributed by atoms with van der Waals surface area (Å²) in [6.45, 7) is 5.83. The van der Waals surface area contributed by atoms with Gasteiger partial charge in [0.15, 0.2) is 16.7 Å². The van der Waals surface area contributed by atoms with Gasteiger partial charge in [-0.2, -0.15) is 0 Å². The molecule has 0 bridgehead atoms. The molecule has 2 aromatic carbocycles. The molecule has 5 rings (SSSR count). The molecule has 0 radical (unpaired) electrons. The number of rotatable bonds is 6. The number of carbonyl (C=O) groups excluding carboxylic acids is 1. The van der Waals surface area contributed by atoms with E-state index < -0.39 is 0 Å². The molecule has 0 saturated carbocycles. The standard InChI is InChI=1S/C25H24ClN3O4S/c1-2-9-29-24(31)18-7-6-17(26)14-19(18)27-25(29)34-15-23(30)28-10-3-4-20(28)16-5-8-21-22(13-16)33-12-11-32-21/h2,5-8,13-14,20H,1,3-4,9-12,15H2. The van der Waals surface area contributed by atoms with Gasteiger partial charge in [-0.3, -0.25) is 14.2 Å². The summed E-state index contributed by atoms with van der Waals surface area (Å²) in [7, 11) is 0. The zero-order chi connectivity index (χ0) is 23.7. The van der Waals surface area contributed by atoms with Gasteiger partial charge in [0.1, 0.15) is 13.2 Å². The molecule has 1 fully saturated rings. The van der Waals surface area contributed by atoms with Crippen LogP contribution in [0.25, 0.3) is 10.9 Å². The lowest BCUT2D eigenvalue weighted by Gasteiger charge is -2.26. The van der Waals surface area contributed by atoms with Crippen LogP contribution in [0.5, 0.6) is 11.5 Å². The summed E-state index contributed by atoms with van der Waals surface area (Å²) >= 11 is 7.37. The highest BCUT2D eigenvalue weighted by Crippen LogP contribution is 2.38. The van der Waals surface area contributed by atoms with Gasteiger partial charge in [-0.25, -0.2) is 4.98 Å². The van der Waals surface area contributed by atoms with Crippen molar-refractivity contribution < 1.29 is 14.3 Å². The van der Waals surface area contributed by atoms with Crippen molar-refractivity contribution in [3.63, 3.8) is 0 Å². The molecule has 1 aromatic heterocycles. The van der Waals surface area contributed by atoms with E-state index in [0.717, 1.165) is 29.9 Å². The number of aromatic nitrogens is 2. The Bertz CT molecular complexity index is 1330. The normalized spacial score (nSPS) is 17.2. The SMILES string of the molecule is C=CCn1c(SCC(=O)N2CCCC2c2ccc3c(c2)OCCO3)nc2cc(Cl)ccc2c1=O. The predicted octanol–water partition coefficient (Wildman–Crippen LogP) is 4.46. The van der Waals surface area contributed by atoms with E-state index in [9.17, 15) is 9.59 Å². The van der Waals surface area contributed by atoms with Gasteiger partial charge in [-0.1, -0.05) is 35.5 Å². The molecule has 7 nitrogen and oxygen atoms in total. The molecule has 1 atom stereocenters. The van der Waals surface area contributed by atoms with Crippen molar-refractivity contribution in [1.82, 2.24) is 14.5 Å². The minimum absolute atomic E-state index is 0.00739. The zero-order valence-corrected chi connectivity index (χ0v) is 20.1. The zero-order valence-electron chi connectivity index (χ0n) is 18.5. The molecule has 1 unspecified atom stereocenters. The van der Waals surface area contributed by atoms with Crippen LogP contribution in [-0.4, -0.2) is 45.9 Å². The largest absolute Gasteiger partial charge is 0.486 e. The third kappa shape index (κ3) is 4.40. The monoisotopic (exact) mass is 497 g/mol. The van der Waals surface area contributed by atoms with Gasteiger partial charge in [0.2, 0.25) is 5.91 Å². The first-order valence-corrected chi connectivity index (χ1v) is 12.5. The van der Waals surface area contributed by atoms with E-state index in [1.165, 1.54) is 11.8 Å². The molecule has 176 valence electrons. The second-order valence-corrected chi connectivity index (χ2v) is 9.58. The van der Waals surface area contributed by atoms with Crippen LogP contribution in [0, 0.1) is 0 Å². The van der Waals surface area contributed by atoms with Gasteiger partial charge >= 0.3 is 0 Å². The average Bonchev–Trinajstić information content (AvgIpc) is 3.34. The summed E-state index contributed by atoms with van der Waals surface area (Å²) in [5, 5.41) is 1.47. The number of nitrogens with zero attached hydrogens (tertiary/aromatic N) is 3. The van der Waals surface area contributed by atoms with E-state index in [4.69, 9.17) is 21.1 Å². The second-order valence-electron chi connectivity index (χ2n) is 8.20. The summed E-state index contributed by atoms with van der Waals surface area (Å²) < 4.78 is 12.9. The second kappa shape index (κ2) is 9.72. The molecule has 0 N–H and O–H groups in total. The number of amides is 1. The first-order valence-electron chi connectivity index (χ1n) is 11.2. The fourth-order valence-corrected chi connectivity index (χ4v) is 5.52.